The summed E-state index contributed by atoms with van der Waals surface area (Å²) in [5.41, 5.74) is 5.49. The molecule has 1 atom stereocenters. The molecule has 0 aliphatic heterocycles. The molecule has 26 heavy (non-hydrogen) atoms. The Balaban J connectivity index is 2.09. The predicted molar refractivity (Wildman–Crippen MR) is 108 cm³/mol. The number of amides is 2. The van der Waals surface area contributed by atoms with Crippen molar-refractivity contribution in [1.29, 1.82) is 0 Å². The molecule has 0 aliphatic rings. The Kier molecular flexibility index (Phi) is 6.67. The number of nitrogens with one attached hydrogen (secondary N) is 1. The van der Waals surface area contributed by atoms with Crippen LogP contribution in [0.5, 0.6) is 5.75 Å². The van der Waals surface area contributed by atoms with E-state index in [0.29, 0.717) is 6.54 Å². The summed E-state index contributed by atoms with van der Waals surface area (Å²) in [6.07, 6.45) is 0.803. The summed E-state index contributed by atoms with van der Waals surface area (Å²) in [4.78, 5) is 14.7. The van der Waals surface area contributed by atoms with Crippen LogP contribution in [-0.4, -0.2) is 30.6 Å². The number of aryl methyl sites for hydroxylation is 3. The monoisotopic (exact) mass is 354 g/mol. The number of benzene rings is 2. The van der Waals surface area contributed by atoms with Gasteiger partial charge in [0.1, 0.15) is 5.75 Å². The van der Waals surface area contributed by atoms with E-state index >= 15 is 0 Å². The van der Waals surface area contributed by atoms with Gasteiger partial charge in [-0.05, 0) is 69.9 Å². The Hall–Kier alpha value is -2.49. The molecule has 0 aliphatic carbocycles. The Morgan fingerprint density at radius 1 is 1.12 bits per heavy atom. The number of carbonyl (C=O) groups excluding carboxylic acids is 1. The first-order valence-corrected chi connectivity index (χ1v) is 9.14. The van der Waals surface area contributed by atoms with E-state index in [4.69, 9.17) is 4.74 Å². The average molecular weight is 354 g/mol. The summed E-state index contributed by atoms with van der Waals surface area (Å²) >= 11 is 0. The number of urea groups is 1. The molecule has 2 rings (SSSR count). The van der Waals surface area contributed by atoms with Crippen LogP contribution in [0.4, 0.5) is 10.5 Å². The van der Waals surface area contributed by atoms with Crippen LogP contribution in [-0.2, 0) is 6.42 Å². The first-order valence-electron chi connectivity index (χ1n) is 9.14. The zero-order valence-corrected chi connectivity index (χ0v) is 16.7. The van der Waals surface area contributed by atoms with Crippen molar-refractivity contribution in [3.8, 4) is 5.75 Å². The van der Waals surface area contributed by atoms with E-state index in [-0.39, 0.29) is 12.1 Å². The van der Waals surface area contributed by atoms with Crippen molar-refractivity contribution in [3.05, 3.63) is 58.7 Å². The van der Waals surface area contributed by atoms with Crippen molar-refractivity contribution in [2.75, 3.05) is 19.0 Å². The van der Waals surface area contributed by atoms with Gasteiger partial charge in [0, 0.05) is 18.3 Å². The Morgan fingerprint density at radius 3 is 2.19 bits per heavy atom. The Labute approximate surface area is 157 Å². The van der Waals surface area contributed by atoms with Crippen LogP contribution in [0, 0.1) is 20.8 Å². The van der Waals surface area contributed by atoms with Gasteiger partial charge in [-0.1, -0.05) is 29.8 Å². The lowest BCUT2D eigenvalue weighted by Crippen LogP contribution is -2.42. The van der Waals surface area contributed by atoms with Crippen molar-refractivity contribution >= 4 is 11.7 Å². The third-order valence-electron chi connectivity index (χ3n) is 4.73. The van der Waals surface area contributed by atoms with Gasteiger partial charge < -0.3 is 15.0 Å². The fourth-order valence-electron chi connectivity index (χ4n) is 3.42. The van der Waals surface area contributed by atoms with Crippen LogP contribution < -0.4 is 10.1 Å². The van der Waals surface area contributed by atoms with E-state index in [1.54, 1.807) is 7.11 Å². The summed E-state index contributed by atoms with van der Waals surface area (Å²) < 4.78 is 5.20. The maximum Gasteiger partial charge on any atom is 0.322 e. The van der Waals surface area contributed by atoms with E-state index in [9.17, 15) is 4.79 Å². The SMILES string of the molecule is CCN(C(=O)Nc1c(C)cc(C)cc1C)C(C)Cc1ccc(OC)cc1. The molecule has 0 heterocycles. The van der Waals surface area contributed by atoms with Crippen LogP contribution in [0.15, 0.2) is 36.4 Å². The molecule has 140 valence electrons. The van der Waals surface area contributed by atoms with Crippen molar-refractivity contribution in [2.24, 2.45) is 0 Å². The molecule has 4 nitrogen and oxygen atoms in total. The zero-order valence-electron chi connectivity index (χ0n) is 16.7. The normalized spacial score (nSPS) is 11.8. The fraction of sp³-hybridized carbons (Fsp3) is 0.409. The van der Waals surface area contributed by atoms with E-state index in [2.05, 4.69) is 43.4 Å². The molecule has 0 radical (unpaired) electrons. The molecule has 2 aromatic rings. The third kappa shape index (κ3) is 4.78. The standard InChI is InChI=1S/C22H30N2O2/c1-7-24(18(5)14-19-8-10-20(26-6)11-9-19)22(25)23-21-16(3)12-15(2)13-17(21)4/h8-13,18H,7,14H2,1-6H3,(H,23,25). The van der Waals surface area contributed by atoms with Gasteiger partial charge in [0.25, 0.3) is 0 Å². The summed E-state index contributed by atoms with van der Waals surface area (Å²) in [6, 6.07) is 12.3. The molecule has 0 aromatic heterocycles. The van der Waals surface area contributed by atoms with Crippen LogP contribution in [0.2, 0.25) is 0 Å². The highest BCUT2D eigenvalue weighted by atomic mass is 16.5. The summed E-state index contributed by atoms with van der Waals surface area (Å²) in [6.45, 7) is 10.9. The van der Waals surface area contributed by atoms with Gasteiger partial charge in [-0.25, -0.2) is 4.79 Å². The quantitative estimate of drug-likeness (QED) is 0.783. The second-order valence-electron chi connectivity index (χ2n) is 6.89. The predicted octanol–water partition coefficient (Wildman–Crippen LogP) is 5.11. The molecule has 1 N–H and O–H groups in total. The average Bonchev–Trinajstić information content (AvgIpc) is 2.59. The van der Waals surface area contributed by atoms with Gasteiger partial charge in [0.2, 0.25) is 0 Å². The smallest absolute Gasteiger partial charge is 0.322 e. The molecule has 1 unspecified atom stereocenters. The lowest BCUT2D eigenvalue weighted by molar-refractivity contribution is 0.196. The van der Waals surface area contributed by atoms with Crippen molar-refractivity contribution < 1.29 is 9.53 Å². The van der Waals surface area contributed by atoms with E-state index < -0.39 is 0 Å². The number of nitrogens with zero attached hydrogens (tertiary/aromatic N) is 1. The van der Waals surface area contributed by atoms with E-state index in [1.807, 2.05) is 37.8 Å². The van der Waals surface area contributed by atoms with Gasteiger partial charge >= 0.3 is 6.03 Å². The minimum atomic E-state index is -0.0523. The number of carbonyl (C=O) groups is 1. The van der Waals surface area contributed by atoms with Crippen LogP contribution in [0.25, 0.3) is 0 Å². The maximum atomic E-state index is 12.9. The molecule has 0 spiro atoms. The van der Waals surface area contributed by atoms with Gasteiger partial charge in [0.05, 0.1) is 7.11 Å². The summed E-state index contributed by atoms with van der Waals surface area (Å²) in [5, 5.41) is 3.11. The number of hydrogen-bond donors (Lipinski definition) is 1. The molecular formula is C22H30N2O2. The van der Waals surface area contributed by atoms with Crippen molar-refractivity contribution in [1.82, 2.24) is 4.90 Å². The van der Waals surface area contributed by atoms with E-state index in [1.165, 1.54) is 11.1 Å². The highest BCUT2D eigenvalue weighted by Crippen LogP contribution is 2.23. The van der Waals surface area contributed by atoms with Crippen molar-refractivity contribution in [3.63, 3.8) is 0 Å². The van der Waals surface area contributed by atoms with E-state index in [0.717, 1.165) is 29.0 Å². The van der Waals surface area contributed by atoms with Gasteiger partial charge in [0.15, 0.2) is 0 Å². The minimum Gasteiger partial charge on any atom is -0.497 e. The number of ether oxygens (including phenoxy) is 1. The number of rotatable bonds is 6. The third-order valence-corrected chi connectivity index (χ3v) is 4.73. The van der Waals surface area contributed by atoms with Gasteiger partial charge in [-0.15, -0.1) is 0 Å². The number of anilines is 1. The lowest BCUT2D eigenvalue weighted by atomic mass is 10.0. The van der Waals surface area contributed by atoms with Crippen molar-refractivity contribution in [2.45, 2.75) is 47.1 Å². The highest BCUT2D eigenvalue weighted by molar-refractivity contribution is 5.91. The largest absolute Gasteiger partial charge is 0.497 e. The topological polar surface area (TPSA) is 41.6 Å². The van der Waals surface area contributed by atoms with Crippen LogP contribution >= 0.6 is 0 Å². The summed E-state index contributed by atoms with van der Waals surface area (Å²) in [7, 11) is 1.66. The number of likely N-dealkylation sites (N-methyl/N-ethyl adjacent to an activating group) is 1. The maximum absolute atomic E-state index is 12.9. The molecule has 0 saturated carbocycles. The lowest BCUT2D eigenvalue weighted by Gasteiger charge is -2.29. The van der Waals surface area contributed by atoms with Crippen LogP contribution in [0.3, 0.4) is 0 Å². The van der Waals surface area contributed by atoms with Gasteiger partial charge in [-0.3, -0.25) is 0 Å². The molecule has 0 saturated heterocycles. The fourth-order valence-corrected chi connectivity index (χ4v) is 3.42. The zero-order chi connectivity index (χ0) is 19.3. The molecule has 2 aromatic carbocycles. The first-order chi connectivity index (χ1) is 12.3. The molecule has 0 fully saturated rings. The second-order valence-corrected chi connectivity index (χ2v) is 6.89. The second kappa shape index (κ2) is 8.75. The molecule has 2 amide bonds. The number of hydrogen-bond acceptors (Lipinski definition) is 2. The molecular weight excluding hydrogens is 324 g/mol. The Morgan fingerprint density at radius 2 is 1.69 bits per heavy atom. The first kappa shape index (κ1) is 19.8. The summed E-state index contributed by atoms with van der Waals surface area (Å²) in [5.74, 6) is 0.844. The highest BCUT2D eigenvalue weighted by Gasteiger charge is 2.20. The van der Waals surface area contributed by atoms with Crippen LogP contribution in [0.1, 0.15) is 36.1 Å². The minimum absolute atomic E-state index is 0.0523. The van der Waals surface area contributed by atoms with Gasteiger partial charge in [-0.2, -0.15) is 0 Å². The molecule has 0 bridgehead atoms. The number of methoxy groups -OCH3 is 1. The Bertz CT molecular complexity index is 730. The molecule has 4 heteroatoms.